The van der Waals surface area contributed by atoms with Gasteiger partial charge in [-0.1, -0.05) is 0 Å². The number of aromatic hydroxyl groups is 1. The summed E-state index contributed by atoms with van der Waals surface area (Å²) in [5, 5.41) is 20.3. The van der Waals surface area contributed by atoms with Crippen LogP contribution in [-0.4, -0.2) is 33.4 Å². The van der Waals surface area contributed by atoms with Crippen LogP contribution in [0.25, 0.3) is 12.2 Å². The third kappa shape index (κ3) is 3.24. The van der Waals surface area contributed by atoms with Gasteiger partial charge in [-0.2, -0.15) is 0 Å². The summed E-state index contributed by atoms with van der Waals surface area (Å²) in [4.78, 5) is 27.5. The molecule has 0 saturated heterocycles. The lowest BCUT2D eigenvalue weighted by Gasteiger charge is -2.05. The monoisotopic (exact) mass is 404 g/mol. The first kappa shape index (κ1) is 17.4. The number of hydrogen-bond acceptors (Lipinski definition) is 7. The second-order valence-electron chi connectivity index (χ2n) is 5.78. The van der Waals surface area contributed by atoms with Crippen LogP contribution in [0.2, 0.25) is 0 Å². The first-order chi connectivity index (χ1) is 12.9. The maximum Gasteiger partial charge on any atom is 0.305 e. The van der Waals surface area contributed by atoms with Crippen LogP contribution in [0.5, 0.6) is 17.4 Å². The molecule has 0 saturated carbocycles. The molecule has 0 fully saturated rings. The molecule has 10 heteroatoms. The van der Waals surface area contributed by atoms with Crippen LogP contribution in [-0.2, 0) is 16.1 Å². The van der Waals surface area contributed by atoms with Crippen molar-refractivity contribution in [1.29, 1.82) is 0 Å². The highest BCUT2D eigenvalue weighted by atomic mass is 32.1. The molecule has 2 N–H and O–H groups in total. The minimum atomic E-state index is -0.993. The lowest BCUT2D eigenvalue weighted by atomic mass is 10.1. The molecule has 138 valence electrons. The van der Waals surface area contributed by atoms with E-state index in [1.54, 1.807) is 18.2 Å². The Bertz CT molecular complexity index is 1190. The van der Waals surface area contributed by atoms with Crippen molar-refractivity contribution < 1.29 is 29.3 Å². The number of aliphatic carboxylic acids is 1. The van der Waals surface area contributed by atoms with E-state index in [4.69, 9.17) is 26.8 Å². The molecule has 1 aromatic carbocycles. The molecule has 0 spiro atoms. The molecular formula is C17H12N2O6S2. The number of carbonyl (C=O) groups is 2. The fourth-order valence-electron chi connectivity index (χ4n) is 2.72. The van der Waals surface area contributed by atoms with Crippen molar-refractivity contribution in [2.24, 2.45) is 4.99 Å². The van der Waals surface area contributed by atoms with E-state index in [1.165, 1.54) is 10.6 Å². The summed E-state index contributed by atoms with van der Waals surface area (Å²) in [6, 6.07) is 3.38. The number of carboxylic acid groups (broad SMARTS) is 1. The van der Waals surface area contributed by atoms with Crippen molar-refractivity contribution in [2.45, 2.75) is 13.0 Å². The van der Waals surface area contributed by atoms with E-state index in [9.17, 15) is 14.7 Å². The zero-order valence-corrected chi connectivity index (χ0v) is 15.3. The van der Waals surface area contributed by atoms with Crippen LogP contribution in [0.3, 0.4) is 0 Å². The van der Waals surface area contributed by atoms with Gasteiger partial charge in [-0.05, 0) is 30.4 Å². The average Bonchev–Trinajstić information content (AvgIpc) is 3.16. The summed E-state index contributed by atoms with van der Waals surface area (Å²) in [5.41, 5.74) is 0.276. The first-order valence-electron chi connectivity index (χ1n) is 7.83. The summed E-state index contributed by atoms with van der Waals surface area (Å²) < 4.78 is 12.3. The number of carbonyl (C=O) groups excluding carboxylic acids is 1. The standard InChI is InChI=1S/C17H12N2O6S2/c20-14(21)1-2-19-16(23)13(27-17(19)26)5-9-3-8-4-11-12(25-7-24-11)6-10(8)18-15(9)22/h3-6,23H,1-2,7H2,(H,20,21). The topological polar surface area (TPSA) is 110 Å². The predicted molar refractivity (Wildman–Crippen MR) is 97.9 cm³/mol. The van der Waals surface area contributed by atoms with Gasteiger partial charge >= 0.3 is 5.97 Å². The van der Waals surface area contributed by atoms with E-state index >= 15 is 0 Å². The fraction of sp³-hybridized carbons (Fsp3) is 0.176. The smallest absolute Gasteiger partial charge is 0.305 e. The maximum absolute atomic E-state index is 12.4. The number of benzene rings is 1. The minimum Gasteiger partial charge on any atom is -0.493 e. The lowest BCUT2D eigenvalue weighted by molar-refractivity contribution is -0.137. The summed E-state index contributed by atoms with van der Waals surface area (Å²) in [7, 11) is 0. The number of nitrogens with zero attached hydrogens (tertiary/aromatic N) is 2. The average molecular weight is 404 g/mol. The third-order valence-corrected chi connectivity index (χ3v) is 5.42. The molecule has 27 heavy (non-hydrogen) atoms. The molecule has 2 aliphatic heterocycles. The Morgan fingerprint density at radius 1 is 1.37 bits per heavy atom. The molecule has 1 aromatic heterocycles. The predicted octanol–water partition coefficient (Wildman–Crippen LogP) is 1.21. The Hall–Kier alpha value is -2.98. The number of fused-ring (bicyclic) bond motifs is 2. The molecule has 3 heterocycles. The summed E-state index contributed by atoms with van der Waals surface area (Å²) >= 11 is 6.27. The molecule has 8 nitrogen and oxygen atoms in total. The number of carboxylic acids is 1. The second kappa shape index (κ2) is 6.63. The number of thiazole rings is 1. The molecule has 2 aromatic rings. The van der Waals surface area contributed by atoms with Gasteiger partial charge in [0.25, 0.3) is 5.91 Å². The lowest BCUT2D eigenvalue weighted by Crippen LogP contribution is -2.30. The van der Waals surface area contributed by atoms with Gasteiger partial charge in [0.1, 0.15) is 0 Å². The Morgan fingerprint density at radius 3 is 2.85 bits per heavy atom. The van der Waals surface area contributed by atoms with Gasteiger partial charge in [0.15, 0.2) is 15.5 Å². The van der Waals surface area contributed by atoms with Crippen molar-refractivity contribution in [1.82, 2.24) is 4.57 Å². The van der Waals surface area contributed by atoms with Gasteiger partial charge in [-0.3, -0.25) is 14.2 Å². The van der Waals surface area contributed by atoms with Crippen molar-refractivity contribution >= 4 is 47.6 Å². The van der Waals surface area contributed by atoms with Gasteiger partial charge in [-0.25, -0.2) is 4.99 Å². The second-order valence-corrected chi connectivity index (χ2v) is 7.45. The van der Waals surface area contributed by atoms with Crippen LogP contribution in [0, 0.1) is 3.95 Å². The number of ether oxygens (including phenoxy) is 2. The third-order valence-electron chi connectivity index (χ3n) is 4.03. The minimum absolute atomic E-state index is 0.0496. The van der Waals surface area contributed by atoms with E-state index in [-0.39, 0.29) is 31.2 Å². The molecule has 0 aliphatic carbocycles. The summed E-state index contributed by atoms with van der Waals surface area (Å²) in [6.45, 7) is 0.171. The Balaban J connectivity index is 1.75. The SMILES string of the molecule is O=C(O)CCn1c(O)c(C=C2C=c3cc4c(cc3=NC2=O)OCO4)sc1=S. The normalized spacial score (nSPS) is 16.0. The Labute approximate surface area is 160 Å². The van der Waals surface area contributed by atoms with Crippen LogP contribution in [0.15, 0.2) is 22.7 Å². The highest BCUT2D eigenvalue weighted by Gasteiger charge is 2.19. The molecule has 4 rings (SSSR count). The first-order valence-corrected chi connectivity index (χ1v) is 9.05. The highest BCUT2D eigenvalue weighted by molar-refractivity contribution is 7.73. The van der Waals surface area contributed by atoms with Gasteiger partial charge in [0.2, 0.25) is 12.7 Å². The van der Waals surface area contributed by atoms with Crippen LogP contribution >= 0.6 is 23.6 Å². The Kier molecular flexibility index (Phi) is 4.28. The van der Waals surface area contributed by atoms with Crippen LogP contribution in [0.1, 0.15) is 11.3 Å². The van der Waals surface area contributed by atoms with Gasteiger partial charge < -0.3 is 19.7 Å². The fourth-order valence-corrected chi connectivity index (χ4v) is 4.03. The molecule has 0 bridgehead atoms. The van der Waals surface area contributed by atoms with Crippen molar-refractivity contribution in [3.05, 3.63) is 37.1 Å². The van der Waals surface area contributed by atoms with Crippen molar-refractivity contribution in [3.8, 4) is 17.4 Å². The van der Waals surface area contributed by atoms with Gasteiger partial charge in [-0.15, -0.1) is 11.3 Å². The zero-order chi connectivity index (χ0) is 19.1. The highest BCUT2D eigenvalue weighted by Crippen LogP contribution is 2.30. The van der Waals surface area contributed by atoms with Crippen molar-refractivity contribution in [3.63, 3.8) is 0 Å². The molecule has 2 aliphatic rings. The number of aromatic nitrogens is 1. The van der Waals surface area contributed by atoms with Gasteiger partial charge in [0, 0.05) is 23.4 Å². The largest absolute Gasteiger partial charge is 0.493 e. The van der Waals surface area contributed by atoms with E-state index < -0.39 is 11.9 Å². The van der Waals surface area contributed by atoms with E-state index in [0.717, 1.165) is 11.3 Å². The number of amides is 1. The van der Waals surface area contributed by atoms with Crippen LogP contribution in [0.4, 0.5) is 0 Å². The quantitative estimate of drug-likeness (QED) is 0.582. The van der Waals surface area contributed by atoms with E-state index in [1.807, 2.05) is 0 Å². The van der Waals surface area contributed by atoms with Crippen molar-refractivity contribution in [2.75, 3.05) is 6.79 Å². The summed E-state index contributed by atoms with van der Waals surface area (Å²) in [5.74, 6) is -0.509. The maximum atomic E-state index is 12.4. The Morgan fingerprint density at radius 2 is 2.11 bits per heavy atom. The molecule has 1 amide bonds. The molecule has 0 atom stereocenters. The molecular weight excluding hydrogens is 392 g/mol. The van der Waals surface area contributed by atoms with Crippen LogP contribution < -0.4 is 20.0 Å². The number of hydrogen-bond donors (Lipinski definition) is 2. The zero-order valence-electron chi connectivity index (χ0n) is 13.7. The molecule has 0 radical (unpaired) electrons. The summed E-state index contributed by atoms with van der Waals surface area (Å²) in [6.07, 6.45) is 2.97. The van der Waals surface area contributed by atoms with Gasteiger partial charge in [0.05, 0.1) is 16.7 Å². The number of rotatable bonds is 4. The molecule has 0 unspecified atom stereocenters. The van der Waals surface area contributed by atoms with E-state index in [2.05, 4.69) is 4.99 Å². The van der Waals surface area contributed by atoms with E-state index in [0.29, 0.717) is 30.9 Å².